The molecule has 14 heavy (non-hydrogen) atoms. The van der Waals surface area contributed by atoms with E-state index in [2.05, 4.69) is 25.9 Å². The Balaban J connectivity index is 2.94. The Morgan fingerprint density at radius 3 is 3.00 bits per heavy atom. The maximum atomic E-state index is 13.6. The number of nitriles is 1. The first kappa shape index (κ1) is 9.03. The van der Waals surface area contributed by atoms with E-state index >= 15 is 0 Å². The number of rotatable bonds is 0. The van der Waals surface area contributed by atoms with Crippen LogP contribution in [0.2, 0.25) is 0 Å². The van der Waals surface area contributed by atoms with Gasteiger partial charge in [0.15, 0.2) is 5.82 Å². The van der Waals surface area contributed by atoms with Crippen LogP contribution in [0.4, 0.5) is 4.39 Å². The highest BCUT2D eigenvalue weighted by Crippen LogP contribution is 2.26. The average molecular weight is 252 g/mol. The van der Waals surface area contributed by atoms with Crippen LogP contribution in [-0.4, -0.2) is 9.97 Å². The van der Waals surface area contributed by atoms with Gasteiger partial charge in [-0.1, -0.05) is 0 Å². The Morgan fingerprint density at radius 1 is 1.50 bits per heavy atom. The van der Waals surface area contributed by atoms with E-state index in [4.69, 9.17) is 5.26 Å². The second-order valence-electron chi connectivity index (χ2n) is 2.62. The van der Waals surface area contributed by atoms with Gasteiger partial charge in [-0.15, -0.1) is 0 Å². The Morgan fingerprint density at radius 2 is 2.29 bits per heavy atom. The van der Waals surface area contributed by atoms with Gasteiger partial charge in [0, 0.05) is 11.6 Å². The fourth-order valence-corrected chi connectivity index (χ4v) is 1.54. The van der Waals surface area contributed by atoms with E-state index < -0.39 is 5.82 Å². The third kappa shape index (κ3) is 1.24. The highest BCUT2D eigenvalue weighted by Gasteiger charge is 2.11. The minimum absolute atomic E-state index is 0.145. The maximum absolute atomic E-state index is 13.6. The zero-order chi connectivity index (χ0) is 10.1. The van der Waals surface area contributed by atoms with Crippen molar-refractivity contribution in [3.63, 3.8) is 0 Å². The van der Waals surface area contributed by atoms with E-state index in [1.807, 2.05) is 6.07 Å². The largest absolute Gasteiger partial charge is 0.244 e. The minimum Gasteiger partial charge on any atom is -0.244 e. The number of benzene rings is 1. The van der Waals surface area contributed by atoms with Crippen LogP contribution in [-0.2, 0) is 0 Å². The van der Waals surface area contributed by atoms with Crippen molar-refractivity contribution in [1.82, 2.24) is 9.97 Å². The number of halogens is 2. The topological polar surface area (TPSA) is 49.6 Å². The minimum atomic E-state index is -0.526. The van der Waals surface area contributed by atoms with Crippen LogP contribution in [0.1, 0.15) is 5.56 Å². The van der Waals surface area contributed by atoms with Gasteiger partial charge in [-0.05, 0) is 22.0 Å². The van der Waals surface area contributed by atoms with Gasteiger partial charge in [0.25, 0.3) is 0 Å². The first-order valence-electron chi connectivity index (χ1n) is 3.72. The SMILES string of the molecule is N#Cc1cc2cncnc2c(F)c1Br. The second-order valence-corrected chi connectivity index (χ2v) is 3.42. The van der Waals surface area contributed by atoms with E-state index in [1.54, 1.807) is 6.07 Å². The smallest absolute Gasteiger partial charge is 0.165 e. The number of hydrogen-bond acceptors (Lipinski definition) is 3. The van der Waals surface area contributed by atoms with Crippen molar-refractivity contribution >= 4 is 26.8 Å². The quantitative estimate of drug-likeness (QED) is 0.723. The van der Waals surface area contributed by atoms with Crippen molar-refractivity contribution in [2.75, 3.05) is 0 Å². The highest BCUT2D eigenvalue weighted by atomic mass is 79.9. The van der Waals surface area contributed by atoms with Crippen LogP contribution in [0.3, 0.4) is 0 Å². The lowest BCUT2D eigenvalue weighted by Gasteiger charge is -2.01. The summed E-state index contributed by atoms with van der Waals surface area (Å²) in [5.74, 6) is -0.526. The Labute approximate surface area is 87.3 Å². The molecule has 5 heteroatoms. The highest BCUT2D eigenvalue weighted by molar-refractivity contribution is 9.10. The molecule has 2 aromatic rings. The molecule has 0 radical (unpaired) electrons. The van der Waals surface area contributed by atoms with Gasteiger partial charge in [0.05, 0.1) is 10.0 Å². The number of nitrogens with zero attached hydrogens (tertiary/aromatic N) is 3. The molecule has 0 N–H and O–H groups in total. The standard InChI is InChI=1S/C9H3BrFN3/c10-7-5(2-12)1-6-3-13-4-14-9(6)8(7)11/h1,3-4H. The van der Waals surface area contributed by atoms with Crippen LogP contribution >= 0.6 is 15.9 Å². The van der Waals surface area contributed by atoms with Crippen molar-refractivity contribution in [2.24, 2.45) is 0 Å². The predicted molar refractivity (Wildman–Crippen MR) is 51.9 cm³/mol. The van der Waals surface area contributed by atoms with E-state index in [1.165, 1.54) is 12.5 Å². The van der Waals surface area contributed by atoms with Crippen LogP contribution in [0, 0.1) is 17.1 Å². The van der Waals surface area contributed by atoms with Gasteiger partial charge in [-0.3, -0.25) is 0 Å². The summed E-state index contributed by atoms with van der Waals surface area (Å²) >= 11 is 3.00. The summed E-state index contributed by atoms with van der Waals surface area (Å²) in [6.45, 7) is 0. The third-order valence-electron chi connectivity index (χ3n) is 1.80. The lowest BCUT2D eigenvalue weighted by molar-refractivity contribution is 0.629. The molecule has 1 heterocycles. The molecular weight excluding hydrogens is 249 g/mol. The molecule has 0 spiro atoms. The van der Waals surface area contributed by atoms with Crippen LogP contribution < -0.4 is 0 Å². The van der Waals surface area contributed by atoms with Gasteiger partial charge in [-0.2, -0.15) is 5.26 Å². The van der Waals surface area contributed by atoms with Crippen LogP contribution in [0.5, 0.6) is 0 Å². The van der Waals surface area contributed by atoms with E-state index in [-0.39, 0.29) is 15.6 Å². The summed E-state index contributed by atoms with van der Waals surface area (Å²) in [5, 5.41) is 9.23. The molecule has 2 rings (SSSR count). The summed E-state index contributed by atoms with van der Waals surface area (Å²) in [4.78, 5) is 7.55. The molecule has 0 unspecified atom stereocenters. The molecule has 0 saturated carbocycles. The van der Waals surface area contributed by atoms with Gasteiger partial charge in [-0.25, -0.2) is 14.4 Å². The third-order valence-corrected chi connectivity index (χ3v) is 2.57. The van der Waals surface area contributed by atoms with Crippen molar-refractivity contribution in [2.45, 2.75) is 0 Å². The van der Waals surface area contributed by atoms with Crippen molar-refractivity contribution < 1.29 is 4.39 Å². The monoisotopic (exact) mass is 251 g/mol. The van der Waals surface area contributed by atoms with Crippen molar-refractivity contribution in [1.29, 1.82) is 5.26 Å². The summed E-state index contributed by atoms with van der Waals surface area (Å²) in [6.07, 6.45) is 2.74. The molecule has 0 aliphatic heterocycles. The summed E-state index contributed by atoms with van der Waals surface area (Å²) < 4.78 is 13.7. The van der Waals surface area contributed by atoms with Crippen LogP contribution in [0.25, 0.3) is 10.9 Å². The second kappa shape index (κ2) is 3.31. The number of hydrogen-bond donors (Lipinski definition) is 0. The van der Waals surface area contributed by atoms with E-state index in [0.29, 0.717) is 5.39 Å². The fourth-order valence-electron chi connectivity index (χ4n) is 1.15. The number of fused-ring (bicyclic) bond motifs is 1. The molecule has 1 aromatic carbocycles. The zero-order valence-corrected chi connectivity index (χ0v) is 8.42. The van der Waals surface area contributed by atoms with Crippen LogP contribution in [0.15, 0.2) is 23.1 Å². The first-order valence-corrected chi connectivity index (χ1v) is 4.51. The molecule has 3 nitrogen and oxygen atoms in total. The molecule has 1 aromatic heterocycles. The van der Waals surface area contributed by atoms with E-state index in [0.717, 1.165) is 0 Å². The lowest BCUT2D eigenvalue weighted by atomic mass is 10.1. The normalized spacial score (nSPS) is 10.1. The molecule has 0 atom stereocenters. The lowest BCUT2D eigenvalue weighted by Crippen LogP contribution is -1.90. The van der Waals surface area contributed by atoms with Gasteiger partial charge in [0.1, 0.15) is 17.9 Å². The average Bonchev–Trinajstić information content (AvgIpc) is 2.23. The molecule has 0 fully saturated rings. The van der Waals surface area contributed by atoms with E-state index in [9.17, 15) is 4.39 Å². The molecule has 0 saturated heterocycles. The Bertz CT molecular complexity index is 547. The molecule has 0 aliphatic rings. The summed E-state index contributed by atoms with van der Waals surface area (Å²) in [7, 11) is 0. The Hall–Kier alpha value is -1.54. The fraction of sp³-hybridized carbons (Fsp3) is 0. The summed E-state index contributed by atoms with van der Waals surface area (Å²) in [6, 6.07) is 3.43. The Kier molecular flexibility index (Phi) is 2.14. The first-order chi connectivity index (χ1) is 6.74. The number of aromatic nitrogens is 2. The van der Waals surface area contributed by atoms with Gasteiger partial charge in [0.2, 0.25) is 0 Å². The van der Waals surface area contributed by atoms with Crippen molar-refractivity contribution in [3.8, 4) is 6.07 Å². The molecule has 0 amide bonds. The molecular formula is C9H3BrFN3. The predicted octanol–water partition coefficient (Wildman–Crippen LogP) is 2.40. The maximum Gasteiger partial charge on any atom is 0.165 e. The molecule has 0 bridgehead atoms. The summed E-state index contributed by atoms with van der Waals surface area (Å²) in [5.41, 5.74) is 0.454. The molecule has 0 aliphatic carbocycles. The molecule has 68 valence electrons. The zero-order valence-electron chi connectivity index (χ0n) is 6.83. The van der Waals surface area contributed by atoms with Crippen molar-refractivity contribution in [3.05, 3.63) is 34.4 Å². The van der Waals surface area contributed by atoms with Gasteiger partial charge >= 0.3 is 0 Å². The van der Waals surface area contributed by atoms with Gasteiger partial charge < -0.3 is 0 Å².